The van der Waals surface area contributed by atoms with E-state index < -0.39 is 18.4 Å². The van der Waals surface area contributed by atoms with Crippen molar-refractivity contribution in [3.8, 4) is 0 Å². The molecule has 0 aliphatic carbocycles. The molecular formula is C3H16N4O8. The third-order valence-electron chi connectivity index (χ3n) is 0. The van der Waals surface area contributed by atoms with E-state index in [2.05, 4.69) is 5.73 Å². The highest BCUT2D eigenvalue weighted by Gasteiger charge is 1.51. The van der Waals surface area contributed by atoms with Crippen LogP contribution in [0, 0.1) is 0 Å². The van der Waals surface area contributed by atoms with E-state index in [1.165, 1.54) is 0 Å². The van der Waals surface area contributed by atoms with Crippen molar-refractivity contribution < 1.29 is 39.9 Å². The Hall–Kier alpha value is -2.31. The van der Waals surface area contributed by atoms with Gasteiger partial charge >= 0.3 is 0 Å². The smallest absolute Gasteiger partial charge is 0.249 e. The van der Waals surface area contributed by atoms with Crippen LogP contribution in [-0.4, -0.2) is 28.6 Å². The number of hydrogen-bond donors (Lipinski definition) is 6. The first-order chi connectivity index (χ1) is 5.20. The van der Waals surface area contributed by atoms with Crippen LogP contribution >= 0.6 is 0 Å². The first-order valence-electron chi connectivity index (χ1n) is 1.96. The number of nitrogens with two attached hydrogens (primary N) is 1. The molecule has 15 heavy (non-hydrogen) atoms. The number of carboxylic acid groups (broad SMARTS) is 5. The molecule has 0 aliphatic rings. The standard InChI is InChI=1S/CH3NO2.2CH2O3.3H3N/c3*2-1(3)4;;;/h2H2,(H,3,4);2*(H2,2,3,4);3*1H3. The number of hydrogen-bond acceptors (Lipinski definition) is 6. The monoisotopic (exact) mass is 236 g/mol. The van der Waals surface area contributed by atoms with E-state index in [0.717, 1.165) is 0 Å². The van der Waals surface area contributed by atoms with Crippen LogP contribution < -0.4 is 39.5 Å². The minimum atomic E-state index is -2.08. The van der Waals surface area contributed by atoms with Crippen molar-refractivity contribution in [3.63, 3.8) is 0 Å². The highest BCUT2D eigenvalue weighted by molar-refractivity contribution is 5.58. The van der Waals surface area contributed by atoms with Gasteiger partial charge in [-0.05, 0) is 0 Å². The van der Waals surface area contributed by atoms with Gasteiger partial charge in [0.05, 0.1) is 0 Å². The molecule has 12 heteroatoms. The molecule has 0 rings (SSSR count). The molecule has 0 bridgehead atoms. The van der Waals surface area contributed by atoms with Crippen molar-refractivity contribution in [1.82, 2.24) is 18.5 Å². The molecule has 0 aromatic carbocycles. The maximum atomic E-state index is 8.67. The molecule has 1 amide bonds. The molecule has 0 fully saturated rings. The lowest BCUT2D eigenvalue weighted by atomic mass is 11.3. The predicted octanol–water partition coefficient (Wildman–Crippen LogP) is -2.81. The normalized spacial score (nSPS) is 4.80. The third kappa shape index (κ3) is 206. The largest absolute Gasteiger partial charge is 0.565 e. The second-order valence-corrected chi connectivity index (χ2v) is 0.851. The fourth-order valence-electron chi connectivity index (χ4n) is 0. The quantitative estimate of drug-likeness (QED) is 0.254. The lowest BCUT2D eigenvalue weighted by Crippen LogP contribution is -2.29. The third-order valence-corrected chi connectivity index (χ3v) is 0. The van der Waals surface area contributed by atoms with E-state index in [1.54, 1.807) is 0 Å². The summed E-state index contributed by atoms with van der Waals surface area (Å²) >= 11 is 0. The zero-order valence-corrected chi connectivity index (χ0v) is 8.42. The predicted molar refractivity (Wildman–Crippen MR) is 43.6 cm³/mol. The van der Waals surface area contributed by atoms with E-state index in [0.29, 0.717) is 0 Å². The number of rotatable bonds is 0. The molecule has 0 atom stereocenters. The number of carbonyl (C=O) groups is 3. The lowest BCUT2D eigenvalue weighted by Gasteiger charge is -1.78. The zero-order valence-electron chi connectivity index (χ0n) is 8.42. The molecule has 16 N–H and O–H groups in total. The SMILES string of the molecule is NC(=O)[O-].O=C([O-])O.O=C([O-])O.[NH4+].[NH4+].[NH4+]. The Morgan fingerprint density at radius 1 is 0.800 bits per heavy atom. The average Bonchev–Trinajstić information content (AvgIpc) is 1.54. The topological polar surface area (TPSA) is 296 Å². The maximum absolute atomic E-state index is 8.67. The Kier molecular flexibility index (Phi) is 77.1. The molecule has 12 nitrogen and oxygen atoms in total. The van der Waals surface area contributed by atoms with Gasteiger partial charge in [0.15, 0.2) is 0 Å². The van der Waals surface area contributed by atoms with E-state index in [1.807, 2.05) is 0 Å². The molecule has 0 radical (unpaired) electrons. The Morgan fingerprint density at radius 2 is 0.800 bits per heavy atom. The Morgan fingerprint density at radius 3 is 0.800 bits per heavy atom. The first kappa shape index (κ1) is 38.7. The maximum Gasteiger partial charge on any atom is 0.249 e. The van der Waals surface area contributed by atoms with Crippen LogP contribution in [0.5, 0.6) is 0 Å². The second kappa shape index (κ2) is 29.8. The van der Waals surface area contributed by atoms with Gasteiger partial charge in [-0.25, -0.2) is 0 Å². The summed E-state index contributed by atoms with van der Waals surface area (Å²) in [7, 11) is 0. The van der Waals surface area contributed by atoms with Crippen LogP contribution in [0.2, 0.25) is 0 Å². The van der Waals surface area contributed by atoms with Gasteiger partial charge in [0.25, 0.3) is 0 Å². The molecule has 0 aromatic rings. The minimum Gasteiger partial charge on any atom is -0.565 e. The summed E-state index contributed by atoms with van der Waals surface area (Å²) in [5.41, 5.74) is 3.92. The number of quaternary nitrogens is 3. The fraction of sp³-hybridized carbons (Fsp3) is 0. The molecule has 0 aliphatic heterocycles. The van der Waals surface area contributed by atoms with Crippen LogP contribution in [0.4, 0.5) is 14.4 Å². The molecule has 0 heterocycles. The minimum absolute atomic E-state index is 0. The van der Waals surface area contributed by atoms with E-state index in [-0.39, 0.29) is 18.5 Å². The number of primary amides is 1. The summed E-state index contributed by atoms with van der Waals surface area (Å²) in [6.45, 7) is 0. The molecule has 0 spiro atoms. The summed E-state index contributed by atoms with van der Waals surface area (Å²) in [5, 5.41) is 39.3. The van der Waals surface area contributed by atoms with Gasteiger partial charge in [0.1, 0.15) is 6.09 Å². The van der Waals surface area contributed by atoms with Crippen molar-refractivity contribution in [1.29, 1.82) is 0 Å². The highest BCUT2D eigenvalue weighted by atomic mass is 16.6. The van der Waals surface area contributed by atoms with Gasteiger partial charge in [-0.15, -0.1) is 0 Å². The first-order valence-corrected chi connectivity index (χ1v) is 1.96. The van der Waals surface area contributed by atoms with E-state index in [4.69, 9.17) is 39.9 Å². The van der Waals surface area contributed by atoms with Crippen LogP contribution in [0.3, 0.4) is 0 Å². The molecule has 96 valence electrons. The molecule has 0 aromatic heterocycles. The number of amides is 1. The Bertz CT molecular complexity index is 119. The van der Waals surface area contributed by atoms with E-state index in [9.17, 15) is 0 Å². The summed E-state index contributed by atoms with van der Waals surface area (Å²) in [6.07, 6.45) is -5.75. The second-order valence-electron chi connectivity index (χ2n) is 0.851. The molecule has 0 saturated heterocycles. The molecular weight excluding hydrogens is 220 g/mol. The van der Waals surface area contributed by atoms with Crippen LogP contribution in [0.15, 0.2) is 0 Å². The summed E-state index contributed by atoms with van der Waals surface area (Å²) in [6, 6.07) is 0. The fourth-order valence-corrected chi connectivity index (χ4v) is 0. The highest BCUT2D eigenvalue weighted by Crippen LogP contribution is 1.32. The Balaban J connectivity index is -0.0000000184. The van der Waals surface area contributed by atoms with Crippen molar-refractivity contribution >= 4 is 18.4 Å². The Labute approximate surface area is 83.7 Å². The van der Waals surface area contributed by atoms with E-state index >= 15 is 0 Å². The molecule has 0 unspecified atom stereocenters. The van der Waals surface area contributed by atoms with Gasteiger partial charge in [0.2, 0.25) is 12.3 Å². The van der Waals surface area contributed by atoms with Crippen molar-refractivity contribution in [2.24, 2.45) is 5.73 Å². The average molecular weight is 236 g/mol. The van der Waals surface area contributed by atoms with Crippen LogP contribution in [0.1, 0.15) is 0 Å². The van der Waals surface area contributed by atoms with Crippen molar-refractivity contribution in [2.75, 3.05) is 0 Å². The summed E-state index contributed by atoms with van der Waals surface area (Å²) in [4.78, 5) is 25.6. The van der Waals surface area contributed by atoms with Gasteiger partial charge in [0, 0.05) is 0 Å². The van der Waals surface area contributed by atoms with Crippen molar-refractivity contribution in [3.05, 3.63) is 0 Å². The summed E-state index contributed by atoms with van der Waals surface area (Å²) < 4.78 is 0. The van der Waals surface area contributed by atoms with Gasteiger partial charge in [-0.2, -0.15) is 0 Å². The van der Waals surface area contributed by atoms with Gasteiger partial charge in [-0.3, -0.25) is 0 Å². The zero-order chi connectivity index (χ0) is 10.7. The summed E-state index contributed by atoms with van der Waals surface area (Å²) in [5.74, 6) is 0. The van der Waals surface area contributed by atoms with Gasteiger partial charge in [-0.1, -0.05) is 0 Å². The lowest BCUT2D eigenvalue weighted by molar-refractivity contribution is -0.276. The molecule has 0 saturated carbocycles. The van der Waals surface area contributed by atoms with Crippen LogP contribution in [-0.2, 0) is 0 Å². The van der Waals surface area contributed by atoms with Crippen molar-refractivity contribution in [2.45, 2.75) is 0 Å². The van der Waals surface area contributed by atoms with Gasteiger partial charge < -0.3 is 64.1 Å². The number of carbonyl (C=O) groups excluding carboxylic acids is 1. The van der Waals surface area contributed by atoms with Crippen LogP contribution in [0.25, 0.3) is 0 Å².